The van der Waals surface area contributed by atoms with Gasteiger partial charge in [0.15, 0.2) is 0 Å². The van der Waals surface area contributed by atoms with Crippen LogP contribution in [0.4, 0.5) is 0 Å². The number of nitrogens with two attached hydrogens (primary N) is 1. The van der Waals surface area contributed by atoms with Crippen LogP contribution in [0.2, 0.25) is 0 Å². The van der Waals surface area contributed by atoms with Crippen molar-refractivity contribution >= 4 is 5.91 Å². The number of likely N-dealkylation sites (tertiary alicyclic amines) is 1. The van der Waals surface area contributed by atoms with Gasteiger partial charge in [-0.2, -0.15) is 0 Å². The Morgan fingerprint density at radius 2 is 2.09 bits per heavy atom. The fourth-order valence-electron chi connectivity index (χ4n) is 3.71. The summed E-state index contributed by atoms with van der Waals surface area (Å²) in [4.78, 5) is 14.5. The van der Waals surface area contributed by atoms with Gasteiger partial charge in [0.25, 0.3) is 0 Å². The van der Waals surface area contributed by atoms with Crippen LogP contribution >= 0.6 is 0 Å². The third-order valence-electron chi connectivity index (χ3n) is 5.03. The zero-order valence-electron chi connectivity index (χ0n) is 13.1. The molecule has 2 heterocycles. The lowest BCUT2D eigenvalue weighted by Gasteiger charge is -2.18. The van der Waals surface area contributed by atoms with Crippen LogP contribution in [0.15, 0.2) is 30.3 Å². The van der Waals surface area contributed by atoms with Crippen molar-refractivity contribution in [2.24, 2.45) is 11.7 Å². The van der Waals surface area contributed by atoms with Gasteiger partial charge in [-0.3, -0.25) is 4.79 Å². The van der Waals surface area contributed by atoms with Gasteiger partial charge in [0, 0.05) is 32.0 Å². The number of benzene rings is 1. The number of nitrogens with zero attached hydrogens (tertiary/aromatic N) is 1. The van der Waals surface area contributed by atoms with E-state index in [1.54, 1.807) is 0 Å². The molecular weight excluding hydrogens is 276 g/mol. The predicted octanol–water partition coefficient (Wildman–Crippen LogP) is 2.15. The molecule has 4 nitrogen and oxygen atoms in total. The zero-order chi connectivity index (χ0) is 15.4. The maximum absolute atomic E-state index is 12.5. The first-order valence-corrected chi connectivity index (χ1v) is 8.42. The van der Waals surface area contributed by atoms with Gasteiger partial charge in [0.1, 0.15) is 0 Å². The second kappa shape index (κ2) is 7.25. The lowest BCUT2D eigenvalue weighted by Crippen LogP contribution is -2.30. The van der Waals surface area contributed by atoms with Crippen molar-refractivity contribution in [3.63, 3.8) is 0 Å². The molecule has 2 saturated heterocycles. The maximum Gasteiger partial charge on any atom is 0.222 e. The summed E-state index contributed by atoms with van der Waals surface area (Å²) in [6.45, 7) is 3.08. The molecule has 2 fully saturated rings. The Labute approximate surface area is 132 Å². The number of ether oxygens (including phenoxy) is 1. The van der Waals surface area contributed by atoms with E-state index in [9.17, 15) is 4.79 Å². The first-order chi connectivity index (χ1) is 10.8. The summed E-state index contributed by atoms with van der Waals surface area (Å²) >= 11 is 0. The predicted molar refractivity (Wildman–Crippen MR) is 86.5 cm³/mol. The van der Waals surface area contributed by atoms with Gasteiger partial charge in [0.05, 0.1) is 6.10 Å². The minimum Gasteiger partial charge on any atom is -0.378 e. The van der Waals surface area contributed by atoms with Gasteiger partial charge >= 0.3 is 0 Å². The molecular formula is C18H26N2O2. The highest BCUT2D eigenvalue weighted by molar-refractivity contribution is 5.76. The number of hydrogen-bond donors (Lipinski definition) is 1. The van der Waals surface area contributed by atoms with E-state index in [0.717, 1.165) is 39.0 Å². The van der Waals surface area contributed by atoms with Crippen LogP contribution in [-0.2, 0) is 9.53 Å². The largest absolute Gasteiger partial charge is 0.378 e. The van der Waals surface area contributed by atoms with Crippen molar-refractivity contribution in [2.75, 3.05) is 26.2 Å². The summed E-state index contributed by atoms with van der Waals surface area (Å²) in [6.07, 6.45) is 3.99. The smallest absolute Gasteiger partial charge is 0.222 e. The summed E-state index contributed by atoms with van der Waals surface area (Å²) < 4.78 is 5.61. The van der Waals surface area contributed by atoms with Crippen molar-refractivity contribution in [3.8, 4) is 0 Å². The quantitative estimate of drug-likeness (QED) is 0.906. The Hall–Kier alpha value is -1.39. The normalized spacial score (nSPS) is 28.2. The molecule has 1 amide bonds. The Balaban J connectivity index is 1.57. The van der Waals surface area contributed by atoms with E-state index in [-0.39, 0.29) is 5.91 Å². The maximum atomic E-state index is 12.5. The van der Waals surface area contributed by atoms with E-state index in [1.807, 2.05) is 11.0 Å². The third kappa shape index (κ3) is 3.50. The molecule has 22 heavy (non-hydrogen) atoms. The van der Waals surface area contributed by atoms with Crippen molar-refractivity contribution in [2.45, 2.75) is 37.7 Å². The van der Waals surface area contributed by atoms with E-state index >= 15 is 0 Å². The Morgan fingerprint density at radius 1 is 1.27 bits per heavy atom. The molecule has 120 valence electrons. The molecule has 3 rings (SSSR count). The molecule has 0 saturated carbocycles. The summed E-state index contributed by atoms with van der Waals surface area (Å²) in [6, 6.07) is 10.4. The average Bonchev–Trinajstić information content (AvgIpc) is 3.22. The number of carbonyl (C=O) groups excluding carboxylic acids is 1. The van der Waals surface area contributed by atoms with Gasteiger partial charge in [0.2, 0.25) is 5.91 Å². The van der Waals surface area contributed by atoms with E-state index in [0.29, 0.717) is 30.9 Å². The number of hydrogen-bond acceptors (Lipinski definition) is 3. The summed E-state index contributed by atoms with van der Waals surface area (Å²) in [5.41, 5.74) is 7.24. The third-order valence-corrected chi connectivity index (χ3v) is 5.03. The molecule has 0 aliphatic carbocycles. The molecule has 1 aromatic carbocycles. The first-order valence-electron chi connectivity index (χ1n) is 8.42. The van der Waals surface area contributed by atoms with Crippen LogP contribution in [0.1, 0.15) is 37.2 Å². The van der Waals surface area contributed by atoms with Crippen LogP contribution in [-0.4, -0.2) is 43.2 Å². The van der Waals surface area contributed by atoms with Crippen LogP contribution < -0.4 is 5.73 Å². The van der Waals surface area contributed by atoms with Crippen molar-refractivity contribution in [3.05, 3.63) is 35.9 Å². The van der Waals surface area contributed by atoms with E-state index in [4.69, 9.17) is 10.5 Å². The molecule has 1 aromatic rings. The minimum absolute atomic E-state index is 0.257. The minimum atomic E-state index is 0.257. The van der Waals surface area contributed by atoms with E-state index in [2.05, 4.69) is 24.3 Å². The zero-order valence-corrected chi connectivity index (χ0v) is 13.1. The molecule has 0 aromatic heterocycles. The molecule has 4 heteroatoms. The average molecular weight is 302 g/mol. The van der Waals surface area contributed by atoms with Gasteiger partial charge in [-0.25, -0.2) is 0 Å². The molecule has 2 N–H and O–H groups in total. The number of carbonyl (C=O) groups is 1. The van der Waals surface area contributed by atoms with Gasteiger partial charge in [-0.05, 0) is 37.3 Å². The van der Waals surface area contributed by atoms with Crippen molar-refractivity contribution in [1.82, 2.24) is 4.90 Å². The van der Waals surface area contributed by atoms with Gasteiger partial charge in [-0.1, -0.05) is 30.3 Å². The second-order valence-electron chi connectivity index (χ2n) is 6.49. The van der Waals surface area contributed by atoms with Crippen LogP contribution in [0, 0.1) is 5.92 Å². The molecule has 0 radical (unpaired) electrons. The molecule has 2 aliphatic rings. The highest BCUT2D eigenvalue weighted by Crippen LogP contribution is 2.32. The Kier molecular flexibility index (Phi) is 5.11. The molecule has 0 bridgehead atoms. The monoisotopic (exact) mass is 302 g/mol. The topological polar surface area (TPSA) is 55.6 Å². The summed E-state index contributed by atoms with van der Waals surface area (Å²) in [7, 11) is 0. The van der Waals surface area contributed by atoms with Crippen LogP contribution in [0.5, 0.6) is 0 Å². The molecule has 0 spiro atoms. The van der Waals surface area contributed by atoms with E-state index < -0.39 is 0 Å². The van der Waals surface area contributed by atoms with Crippen LogP contribution in [0.25, 0.3) is 0 Å². The van der Waals surface area contributed by atoms with Crippen molar-refractivity contribution in [1.29, 1.82) is 0 Å². The van der Waals surface area contributed by atoms with Gasteiger partial charge in [-0.15, -0.1) is 0 Å². The Morgan fingerprint density at radius 3 is 2.77 bits per heavy atom. The lowest BCUT2D eigenvalue weighted by atomic mass is 9.89. The van der Waals surface area contributed by atoms with Crippen LogP contribution in [0.3, 0.4) is 0 Å². The highest BCUT2D eigenvalue weighted by atomic mass is 16.5. The standard InChI is InChI=1S/C18H26N2O2/c19-11-15-12-20(13-17(15)14-5-2-1-3-6-14)18(21)9-8-16-7-4-10-22-16/h1-3,5-6,15-17H,4,7-13,19H2/t15-,16?,17+/m1/s1. The first kappa shape index (κ1) is 15.5. The van der Waals surface area contributed by atoms with E-state index in [1.165, 1.54) is 5.56 Å². The Bertz CT molecular complexity index is 485. The molecule has 1 unspecified atom stereocenters. The summed E-state index contributed by atoms with van der Waals surface area (Å²) in [5, 5.41) is 0. The SMILES string of the molecule is NC[C@@H]1CN(C(=O)CCC2CCCO2)C[C@H]1c1ccccc1. The fourth-order valence-corrected chi connectivity index (χ4v) is 3.71. The van der Waals surface area contributed by atoms with Crippen molar-refractivity contribution < 1.29 is 9.53 Å². The molecule has 3 atom stereocenters. The number of rotatable bonds is 5. The summed E-state index contributed by atoms with van der Waals surface area (Å²) in [5.74, 6) is 0.999. The lowest BCUT2D eigenvalue weighted by molar-refractivity contribution is -0.130. The fraction of sp³-hybridized carbons (Fsp3) is 0.611. The number of amides is 1. The van der Waals surface area contributed by atoms with Gasteiger partial charge < -0.3 is 15.4 Å². The molecule has 2 aliphatic heterocycles. The second-order valence-corrected chi connectivity index (χ2v) is 6.49. The highest BCUT2D eigenvalue weighted by Gasteiger charge is 2.35.